The van der Waals surface area contributed by atoms with Crippen LogP contribution in [0, 0.1) is 18.6 Å². The highest BCUT2D eigenvalue weighted by Crippen LogP contribution is 2.30. The maximum atomic E-state index is 14.0. The highest BCUT2D eigenvalue weighted by molar-refractivity contribution is 7.12. The number of furan rings is 1. The minimum Gasteiger partial charge on any atom is -0.454 e. The van der Waals surface area contributed by atoms with Crippen LogP contribution in [0.25, 0.3) is 27.6 Å². The Balaban J connectivity index is 1.46. The number of rotatable bonds is 4. The first-order chi connectivity index (χ1) is 15.0. The molecule has 31 heavy (non-hydrogen) atoms. The zero-order chi connectivity index (χ0) is 21.5. The number of benzene rings is 2. The summed E-state index contributed by atoms with van der Waals surface area (Å²) in [6.45, 7) is 1.76. The van der Waals surface area contributed by atoms with Gasteiger partial charge in [-0.1, -0.05) is 18.2 Å². The third-order valence-corrected chi connectivity index (χ3v) is 5.42. The summed E-state index contributed by atoms with van der Waals surface area (Å²) in [7, 11) is 0. The van der Waals surface area contributed by atoms with Crippen LogP contribution in [0.15, 0.2) is 64.4 Å². The van der Waals surface area contributed by atoms with Crippen LogP contribution in [-0.4, -0.2) is 20.7 Å². The Kier molecular flexibility index (Phi) is 4.59. The van der Waals surface area contributed by atoms with Crippen LogP contribution in [-0.2, 0) is 0 Å². The van der Waals surface area contributed by atoms with Gasteiger partial charge in [0, 0.05) is 22.9 Å². The Bertz CT molecular complexity index is 1400. The predicted octanol–water partition coefficient (Wildman–Crippen LogP) is 5.58. The summed E-state index contributed by atoms with van der Waals surface area (Å²) in [6.07, 6.45) is 0. The number of halogens is 2. The van der Waals surface area contributed by atoms with Crippen LogP contribution < -0.4 is 5.32 Å². The van der Waals surface area contributed by atoms with Crippen LogP contribution in [0.1, 0.15) is 16.1 Å². The first-order valence-corrected chi connectivity index (χ1v) is 10.1. The average Bonchev–Trinajstić information content (AvgIpc) is 3.45. The molecule has 0 unspecified atom stereocenters. The van der Waals surface area contributed by atoms with Crippen molar-refractivity contribution in [3.05, 3.63) is 82.9 Å². The van der Waals surface area contributed by atoms with Crippen molar-refractivity contribution in [3.63, 3.8) is 0 Å². The molecule has 9 heteroatoms. The second-order valence-electron chi connectivity index (χ2n) is 6.82. The van der Waals surface area contributed by atoms with Gasteiger partial charge < -0.3 is 9.73 Å². The van der Waals surface area contributed by atoms with Gasteiger partial charge >= 0.3 is 0 Å². The molecule has 0 fully saturated rings. The molecule has 0 radical (unpaired) electrons. The fraction of sp³-hybridized carbons (Fsp3) is 0.0455. The number of hydrogen-bond acceptors (Lipinski definition) is 5. The predicted molar refractivity (Wildman–Crippen MR) is 113 cm³/mol. The number of hydrogen-bond donors (Lipinski definition) is 1. The Hall–Kier alpha value is -3.85. The van der Waals surface area contributed by atoms with E-state index in [9.17, 15) is 13.6 Å². The van der Waals surface area contributed by atoms with Gasteiger partial charge in [0.1, 0.15) is 28.7 Å². The quantitative estimate of drug-likeness (QED) is 0.399. The van der Waals surface area contributed by atoms with Gasteiger partial charge in [0.2, 0.25) is 5.13 Å². The topological polar surface area (TPSA) is 73.0 Å². The highest BCUT2D eigenvalue weighted by atomic mass is 32.1. The summed E-state index contributed by atoms with van der Waals surface area (Å²) in [5, 5.41) is 10.3. The van der Waals surface area contributed by atoms with Gasteiger partial charge in [0.25, 0.3) is 5.91 Å². The molecule has 154 valence electrons. The number of fused-ring (bicyclic) bond motifs is 1. The van der Waals surface area contributed by atoms with Gasteiger partial charge in [-0.3, -0.25) is 4.79 Å². The van der Waals surface area contributed by atoms with Crippen molar-refractivity contribution in [1.82, 2.24) is 14.8 Å². The number of aryl methyl sites for hydroxylation is 1. The third-order valence-electron chi connectivity index (χ3n) is 4.60. The molecular weight excluding hydrogens is 422 g/mol. The van der Waals surface area contributed by atoms with Crippen LogP contribution >= 0.6 is 11.3 Å². The standard InChI is InChI=1S/C22H14F2N4O2S/c1-12-8-20(26-21(29)15-7-6-14(23)10-16(15)24)28(27-12)22-25-17(11-31-22)19-9-13-4-2-3-5-18(13)30-19/h2-11H,1H3,(H,26,29). The van der Waals surface area contributed by atoms with E-state index in [1.54, 1.807) is 13.0 Å². The fourth-order valence-electron chi connectivity index (χ4n) is 3.17. The summed E-state index contributed by atoms with van der Waals surface area (Å²) in [6, 6.07) is 14.0. The molecule has 0 aliphatic heterocycles. The molecular formula is C22H14F2N4O2S. The van der Waals surface area contributed by atoms with E-state index < -0.39 is 17.5 Å². The molecule has 0 aliphatic carbocycles. The molecule has 0 saturated carbocycles. The molecule has 5 aromatic rings. The molecule has 0 aliphatic rings. The number of thiazole rings is 1. The van der Waals surface area contributed by atoms with Crippen molar-refractivity contribution in [2.24, 2.45) is 0 Å². The van der Waals surface area contributed by atoms with Gasteiger partial charge in [-0.25, -0.2) is 13.8 Å². The van der Waals surface area contributed by atoms with E-state index in [0.29, 0.717) is 34.2 Å². The van der Waals surface area contributed by atoms with Crippen molar-refractivity contribution in [3.8, 4) is 16.6 Å². The lowest BCUT2D eigenvalue weighted by molar-refractivity contribution is 0.102. The van der Waals surface area contributed by atoms with Crippen LogP contribution in [0.2, 0.25) is 0 Å². The maximum absolute atomic E-state index is 14.0. The van der Waals surface area contributed by atoms with Gasteiger partial charge in [-0.2, -0.15) is 9.78 Å². The molecule has 0 spiro atoms. The summed E-state index contributed by atoms with van der Waals surface area (Å²) < 4.78 is 34.4. The lowest BCUT2D eigenvalue weighted by atomic mass is 10.2. The summed E-state index contributed by atoms with van der Waals surface area (Å²) in [5.41, 5.74) is 1.76. The summed E-state index contributed by atoms with van der Waals surface area (Å²) in [4.78, 5) is 17.1. The van der Waals surface area contributed by atoms with Crippen LogP contribution in [0.3, 0.4) is 0 Å². The Labute approximate surface area is 178 Å². The van der Waals surface area contributed by atoms with Crippen molar-refractivity contribution in [2.45, 2.75) is 6.92 Å². The molecule has 1 amide bonds. The first-order valence-electron chi connectivity index (χ1n) is 9.26. The second kappa shape index (κ2) is 7.44. The minimum absolute atomic E-state index is 0.270. The molecule has 6 nitrogen and oxygen atoms in total. The number of carbonyl (C=O) groups is 1. The van der Waals surface area contributed by atoms with Crippen molar-refractivity contribution >= 4 is 34.0 Å². The van der Waals surface area contributed by atoms with Gasteiger partial charge in [0.05, 0.1) is 11.3 Å². The lowest BCUT2D eigenvalue weighted by Gasteiger charge is -2.07. The average molecular weight is 436 g/mol. The SMILES string of the molecule is Cc1cc(NC(=O)c2ccc(F)cc2F)n(-c2nc(-c3cc4ccccc4o3)cs2)n1. The summed E-state index contributed by atoms with van der Waals surface area (Å²) >= 11 is 1.32. The highest BCUT2D eigenvalue weighted by Gasteiger charge is 2.18. The van der Waals surface area contributed by atoms with Gasteiger partial charge in [-0.05, 0) is 31.2 Å². The fourth-order valence-corrected chi connectivity index (χ4v) is 3.95. The third kappa shape index (κ3) is 3.59. The van der Waals surface area contributed by atoms with E-state index in [-0.39, 0.29) is 5.56 Å². The van der Waals surface area contributed by atoms with E-state index in [0.717, 1.165) is 23.1 Å². The molecule has 0 saturated heterocycles. The van der Waals surface area contributed by atoms with E-state index in [4.69, 9.17) is 4.42 Å². The Morgan fingerprint density at radius 3 is 2.77 bits per heavy atom. The molecule has 0 bridgehead atoms. The normalized spacial score (nSPS) is 11.2. The summed E-state index contributed by atoms with van der Waals surface area (Å²) in [5.74, 6) is -1.48. The zero-order valence-corrected chi connectivity index (χ0v) is 16.9. The Morgan fingerprint density at radius 2 is 1.97 bits per heavy atom. The second-order valence-corrected chi connectivity index (χ2v) is 7.66. The van der Waals surface area contributed by atoms with E-state index >= 15 is 0 Å². The number of carbonyl (C=O) groups excluding carboxylic acids is 1. The van der Waals surface area contributed by atoms with Crippen LogP contribution in [0.5, 0.6) is 0 Å². The van der Waals surface area contributed by atoms with Crippen LogP contribution in [0.4, 0.5) is 14.6 Å². The molecule has 2 aromatic carbocycles. The van der Waals surface area contributed by atoms with Crippen molar-refractivity contribution < 1.29 is 18.0 Å². The van der Waals surface area contributed by atoms with E-state index in [2.05, 4.69) is 15.4 Å². The first kappa shape index (κ1) is 19.1. The van der Waals surface area contributed by atoms with E-state index in [1.807, 2.05) is 35.7 Å². The van der Waals surface area contributed by atoms with E-state index in [1.165, 1.54) is 16.0 Å². The number of anilines is 1. The molecule has 0 atom stereocenters. The monoisotopic (exact) mass is 436 g/mol. The minimum atomic E-state index is -0.943. The lowest BCUT2D eigenvalue weighted by Crippen LogP contribution is -2.16. The molecule has 5 rings (SSSR count). The largest absolute Gasteiger partial charge is 0.454 e. The maximum Gasteiger partial charge on any atom is 0.259 e. The zero-order valence-electron chi connectivity index (χ0n) is 16.1. The van der Waals surface area contributed by atoms with Crippen molar-refractivity contribution in [2.75, 3.05) is 5.32 Å². The number of nitrogens with one attached hydrogen (secondary N) is 1. The number of amides is 1. The van der Waals surface area contributed by atoms with Gasteiger partial charge in [-0.15, -0.1) is 11.3 Å². The van der Waals surface area contributed by atoms with Crippen molar-refractivity contribution in [1.29, 1.82) is 0 Å². The number of para-hydroxylation sites is 1. The number of nitrogens with zero attached hydrogens (tertiary/aromatic N) is 3. The number of aromatic nitrogens is 3. The molecule has 3 aromatic heterocycles. The van der Waals surface area contributed by atoms with Gasteiger partial charge in [0.15, 0.2) is 5.76 Å². The Morgan fingerprint density at radius 1 is 1.13 bits per heavy atom. The smallest absolute Gasteiger partial charge is 0.259 e. The molecule has 3 heterocycles. The molecule has 1 N–H and O–H groups in total.